The summed E-state index contributed by atoms with van der Waals surface area (Å²) in [4.78, 5) is 14.6. The zero-order valence-corrected chi connectivity index (χ0v) is 15.1. The third-order valence-electron chi connectivity index (χ3n) is 5.39. The number of aryl methyl sites for hydroxylation is 2. The lowest BCUT2D eigenvalue weighted by molar-refractivity contribution is -0.123. The summed E-state index contributed by atoms with van der Waals surface area (Å²) in [6, 6.07) is 10.1. The van der Waals surface area contributed by atoms with Gasteiger partial charge in [0.15, 0.2) is 6.61 Å². The molecule has 0 radical (unpaired) electrons. The Labute approximate surface area is 154 Å². The van der Waals surface area contributed by atoms with Crippen LogP contribution in [0.15, 0.2) is 41.0 Å². The quantitative estimate of drug-likeness (QED) is 0.830. The molecule has 26 heavy (non-hydrogen) atoms. The van der Waals surface area contributed by atoms with E-state index in [0.29, 0.717) is 6.54 Å². The normalized spacial score (nSPS) is 17.8. The van der Waals surface area contributed by atoms with Gasteiger partial charge in [0, 0.05) is 6.54 Å². The highest BCUT2D eigenvalue weighted by molar-refractivity contribution is 5.77. The van der Waals surface area contributed by atoms with Gasteiger partial charge in [-0.3, -0.25) is 9.69 Å². The Balaban J connectivity index is 1.29. The van der Waals surface area contributed by atoms with Gasteiger partial charge in [-0.15, -0.1) is 0 Å². The van der Waals surface area contributed by atoms with Gasteiger partial charge in [0.25, 0.3) is 5.91 Å². The highest BCUT2D eigenvalue weighted by Crippen LogP contribution is 2.26. The van der Waals surface area contributed by atoms with Crippen molar-refractivity contribution in [3.05, 3.63) is 53.5 Å². The molecule has 0 saturated carbocycles. The predicted octanol–water partition coefficient (Wildman–Crippen LogP) is 3.10. The van der Waals surface area contributed by atoms with Crippen LogP contribution in [0, 0.1) is 0 Å². The molecule has 2 aliphatic rings. The maximum absolute atomic E-state index is 12.3. The standard InChI is InChI=1S/C21H26N2O3/c24-21(15-26-18-9-8-16-5-3-6-17(16)13-18)22-14-19(20-7-4-12-25-20)23-10-1-2-11-23/h4,7-9,12-13,19H,1-3,5-6,10-11,14-15H2,(H,22,24). The van der Waals surface area contributed by atoms with Gasteiger partial charge < -0.3 is 14.5 Å². The first-order chi connectivity index (χ1) is 12.8. The topological polar surface area (TPSA) is 54.7 Å². The lowest BCUT2D eigenvalue weighted by Crippen LogP contribution is -2.38. The van der Waals surface area contributed by atoms with Crippen LogP contribution in [0.4, 0.5) is 0 Å². The first kappa shape index (κ1) is 17.2. The molecule has 1 fully saturated rings. The van der Waals surface area contributed by atoms with Gasteiger partial charge in [0.1, 0.15) is 11.5 Å². The van der Waals surface area contributed by atoms with Crippen LogP contribution in [0.3, 0.4) is 0 Å². The molecular weight excluding hydrogens is 328 g/mol. The van der Waals surface area contributed by atoms with E-state index in [0.717, 1.165) is 37.4 Å². The van der Waals surface area contributed by atoms with Crippen molar-refractivity contribution in [2.45, 2.75) is 38.1 Å². The number of amides is 1. The van der Waals surface area contributed by atoms with E-state index in [1.165, 1.54) is 30.4 Å². The van der Waals surface area contributed by atoms with Crippen molar-refractivity contribution in [3.8, 4) is 5.75 Å². The van der Waals surface area contributed by atoms with E-state index in [-0.39, 0.29) is 18.6 Å². The van der Waals surface area contributed by atoms with Crippen molar-refractivity contribution in [1.29, 1.82) is 0 Å². The van der Waals surface area contributed by atoms with Crippen molar-refractivity contribution in [2.24, 2.45) is 0 Å². The Kier molecular flexibility index (Phi) is 5.25. The van der Waals surface area contributed by atoms with E-state index < -0.39 is 0 Å². The molecule has 1 amide bonds. The summed E-state index contributed by atoms with van der Waals surface area (Å²) in [7, 11) is 0. The molecule has 138 valence electrons. The first-order valence-corrected chi connectivity index (χ1v) is 9.58. The lowest BCUT2D eigenvalue weighted by Gasteiger charge is -2.26. The van der Waals surface area contributed by atoms with Crippen LogP contribution >= 0.6 is 0 Å². The van der Waals surface area contributed by atoms with Crippen molar-refractivity contribution >= 4 is 5.91 Å². The fourth-order valence-electron chi connectivity index (χ4n) is 3.99. The first-order valence-electron chi connectivity index (χ1n) is 9.58. The number of carbonyl (C=O) groups excluding carboxylic acids is 1. The average molecular weight is 354 g/mol. The molecule has 5 heteroatoms. The molecular formula is C21H26N2O3. The van der Waals surface area contributed by atoms with E-state index in [1.807, 2.05) is 18.2 Å². The largest absolute Gasteiger partial charge is 0.484 e. The van der Waals surface area contributed by atoms with Gasteiger partial charge in [-0.25, -0.2) is 0 Å². The Bertz CT molecular complexity index is 736. The molecule has 1 saturated heterocycles. The summed E-state index contributed by atoms with van der Waals surface area (Å²) in [6.45, 7) is 2.68. The molecule has 1 aliphatic heterocycles. The molecule has 1 aromatic heterocycles. The molecule has 1 aliphatic carbocycles. The number of furan rings is 1. The molecule has 1 unspecified atom stereocenters. The van der Waals surface area contributed by atoms with Crippen LogP contribution < -0.4 is 10.1 Å². The van der Waals surface area contributed by atoms with E-state index in [4.69, 9.17) is 9.15 Å². The Hall–Kier alpha value is -2.27. The van der Waals surface area contributed by atoms with E-state index >= 15 is 0 Å². The minimum absolute atomic E-state index is 0.0453. The summed E-state index contributed by atoms with van der Waals surface area (Å²) >= 11 is 0. The average Bonchev–Trinajstić information content (AvgIpc) is 3.41. The maximum atomic E-state index is 12.3. The van der Waals surface area contributed by atoms with Crippen LogP contribution in [-0.2, 0) is 17.6 Å². The maximum Gasteiger partial charge on any atom is 0.258 e. The number of likely N-dealkylation sites (tertiary alicyclic amines) is 1. The number of fused-ring (bicyclic) bond motifs is 1. The minimum atomic E-state index is -0.0961. The smallest absolute Gasteiger partial charge is 0.258 e. The van der Waals surface area contributed by atoms with Crippen LogP contribution in [0.2, 0.25) is 0 Å². The molecule has 5 nitrogen and oxygen atoms in total. The number of benzene rings is 1. The molecule has 1 N–H and O–H groups in total. The van der Waals surface area contributed by atoms with Crippen LogP contribution in [0.1, 0.15) is 42.2 Å². The van der Waals surface area contributed by atoms with E-state index in [9.17, 15) is 4.79 Å². The zero-order chi connectivity index (χ0) is 17.8. The number of nitrogens with zero attached hydrogens (tertiary/aromatic N) is 1. The molecule has 1 atom stereocenters. The van der Waals surface area contributed by atoms with Crippen molar-refractivity contribution in [2.75, 3.05) is 26.2 Å². The van der Waals surface area contributed by atoms with Gasteiger partial charge in [0.05, 0.1) is 12.3 Å². The van der Waals surface area contributed by atoms with Gasteiger partial charge in [-0.05, 0) is 80.6 Å². The minimum Gasteiger partial charge on any atom is -0.484 e. The molecule has 1 aromatic carbocycles. The molecule has 0 bridgehead atoms. The number of carbonyl (C=O) groups is 1. The highest BCUT2D eigenvalue weighted by Gasteiger charge is 2.26. The van der Waals surface area contributed by atoms with Gasteiger partial charge in [-0.2, -0.15) is 0 Å². The van der Waals surface area contributed by atoms with E-state index in [1.54, 1.807) is 6.26 Å². The summed E-state index contributed by atoms with van der Waals surface area (Å²) < 4.78 is 11.3. The fourth-order valence-corrected chi connectivity index (χ4v) is 3.99. The van der Waals surface area contributed by atoms with Crippen molar-refractivity contribution < 1.29 is 13.9 Å². The SMILES string of the molecule is O=C(COc1ccc2c(c1)CCC2)NCC(c1ccco1)N1CCCC1. The number of rotatable bonds is 7. The number of hydrogen-bond donors (Lipinski definition) is 1. The number of hydrogen-bond acceptors (Lipinski definition) is 4. The third kappa shape index (κ3) is 3.93. The number of nitrogens with one attached hydrogen (secondary N) is 1. The molecule has 2 aromatic rings. The highest BCUT2D eigenvalue weighted by atomic mass is 16.5. The van der Waals surface area contributed by atoms with Gasteiger partial charge >= 0.3 is 0 Å². The van der Waals surface area contributed by atoms with Crippen molar-refractivity contribution in [1.82, 2.24) is 10.2 Å². The molecule has 0 spiro atoms. The van der Waals surface area contributed by atoms with Gasteiger partial charge in [0.2, 0.25) is 0 Å². The second-order valence-corrected chi connectivity index (χ2v) is 7.15. The summed E-state index contributed by atoms with van der Waals surface area (Å²) in [5.74, 6) is 1.59. The Morgan fingerprint density at radius 2 is 2.00 bits per heavy atom. The Morgan fingerprint density at radius 1 is 1.15 bits per heavy atom. The summed E-state index contributed by atoms with van der Waals surface area (Å²) in [5, 5.41) is 3.00. The van der Waals surface area contributed by atoms with E-state index in [2.05, 4.69) is 22.3 Å². The second-order valence-electron chi connectivity index (χ2n) is 7.15. The van der Waals surface area contributed by atoms with Crippen LogP contribution in [-0.4, -0.2) is 37.0 Å². The fraction of sp³-hybridized carbons (Fsp3) is 0.476. The Morgan fingerprint density at radius 3 is 2.81 bits per heavy atom. The molecule has 4 rings (SSSR count). The van der Waals surface area contributed by atoms with Crippen LogP contribution in [0.5, 0.6) is 5.75 Å². The summed E-state index contributed by atoms with van der Waals surface area (Å²) in [6.07, 6.45) is 7.57. The molecule has 2 heterocycles. The summed E-state index contributed by atoms with van der Waals surface area (Å²) in [5.41, 5.74) is 2.77. The van der Waals surface area contributed by atoms with Crippen molar-refractivity contribution in [3.63, 3.8) is 0 Å². The third-order valence-corrected chi connectivity index (χ3v) is 5.39. The lowest BCUT2D eigenvalue weighted by atomic mass is 10.1. The van der Waals surface area contributed by atoms with Crippen LogP contribution in [0.25, 0.3) is 0 Å². The second kappa shape index (κ2) is 7.96. The predicted molar refractivity (Wildman–Crippen MR) is 99.2 cm³/mol. The monoisotopic (exact) mass is 354 g/mol. The van der Waals surface area contributed by atoms with Gasteiger partial charge in [-0.1, -0.05) is 6.07 Å². The zero-order valence-electron chi connectivity index (χ0n) is 15.1. The number of ether oxygens (including phenoxy) is 1.